The predicted octanol–water partition coefficient (Wildman–Crippen LogP) is 0.577. The van der Waals surface area contributed by atoms with Gasteiger partial charge in [0, 0.05) is 7.05 Å². The van der Waals surface area contributed by atoms with Crippen molar-refractivity contribution in [3.63, 3.8) is 0 Å². The number of halogens is 3. The highest BCUT2D eigenvalue weighted by molar-refractivity contribution is 5.94. The van der Waals surface area contributed by atoms with Crippen LogP contribution in [-0.4, -0.2) is 25.5 Å². The summed E-state index contributed by atoms with van der Waals surface area (Å²) >= 11 is 0. The van der Waals surface area contributed by atoms with Crippen LogP contribution >= 0.6 is 0 Å². The molecule has 1 aromatic carbocycles. The van der Waals surface area contributed by atoms with E-state index in [4.69, 9.17) is 5.73 Å². The molecule has 0 saturated carbocycles. The zero-order valence-corrected chi connectivity index (χ0v) is 9.43. The van der Waals surface area contributed by atoms with E-state index in [1.807, 2.05) is 0 Å². The highest BCUT2D eigenvalue weighted by atomic mass is 19.2. The molecule has 5 nitrogen and oxygen atoms in total. The smallest absolute Gasteiger partial charge is 0.243 e. The summed E-state index contributed by atoms with van der Waals surface area (Å²) in [4.78, 5) is 14.8. The Morgan fingerprint density at radius 1 is 1.33 bits per heavy atom. The number of carbonyl (C=O) groups is 1. The number of aliphatic imine (C=N–C) groups is 1. The number of hydrogen-bond donors (Lipinski definition) is 3. The molecule has 0 saturated heterocycles. The molecular formula is C10H11F3N4O. The lowest BCUT2D eigenvalue weighted by atomic mass is 10.2. The molecule has 0 aliphatic rings. The Balaban J connectivity index is 2.68. The summed E-state index contributed by atoms with van der Waals surface area (Å²) in [5.74, 6) is -5.08. The van der Waals surface area contributed by atoms with E-state index in [1.165, 1.54) is 7.05 Å². The van der Waals surface area contributed by atoms with Crippen LogP contribution in [0.15, 0.2) is 17.1 Å². The van der Waals surface area contributed by atoms with Crippen molar-refractivity contribution in [3.05, 3.63) is 29.6 Å². The molecule has 0 aromatic heterocycles. The zero-order chi connectivity index (χ0) is 13.7. The highest BCUT2D eigenvalue weighted by Gasteiger charge is 2.14. The van der Waals surface area contributed by atoms with E-state index < -0.39 is 29.0 Å². The number of guanidine groups is 1. The number of benzene rings is 1. The van der Waals surface area contributed by atoms with Gasteiger partial charge in [-0.25, -0.2) is 13.2 Å². The van der Waals surface area contributed by atoms with Crippen molar-refractivity contribution in [1.82, 2.24) is 5.32 Å². The molecule has 0 spiro atoms. The summed E-state index contributed by atoms with van der Waals surface area (Å²) in [6.45, 7) is -0.276. The molecule has 98 valence electrons. The normalized spacial score (nSPS) is 11.2. The maximum absolute atomic E-state index is 13.2. The van der Waals surface area contributed by atoms with Crippen LogP contribution in [0.3, 0.4) is 0 Å². The Hall–Kier alpha value is -2.25. The van der Waals surface area contributed by atoms with Gasteiger partial charge in [0.05, 0.1) is 12.2 Å². The largest absolute Gasteiger partial charge is 0.370 e. The quantitative estimate of drug-likeness (QED) is 0.422. The molecule has 0 radical (unpaired) electrons. The number of hydrogen-bond acceptors (Lipinski definition) is 2. The van der Waals surface area contributed by atoms with Crippen molar-refractivity contribution in [2.45, 2.75) is 0 Å². The van der Waals surface area contributed by atoms with E-state index in [0.29, 0.717) is 6.07 Å². The number of amides is 1. The minimum absolute atomic E-state index is 0.0240. The molecule has 0 unspecified atom stereocenters. The van der Waals surface area contributed by atoms with Crippen molar-refractivity contribution in [3.8, 4) is 0 Å². The molecule has 1 rings (SSSR count). The van der Waals surface area contributed by atoms with Gasteiger partial charge in [-0.3, -0.25) is 9.79 Å². The fraction of sp³-hybridized carbons (Fsp3) is 0.200. The van der Waals surface area contributed by atoms with Crippen LogP contribution in [0.4, 0.5) is 18.9 Å². The van der Waals surface area contributed by atoms with Gasteiger partial charge in [-0.1, -0.05) is 0 Å². The van der Waals surface area contributed by atoms with E-state index in [1.54, 1.807) is 0 Å². The summed E-state index contributed by atoms with van der Waals surface area (Å²) in [5.41, 5.74) is 4.81. The third kappa shape index (κ3) is 3.37. The van der Waals surface area contributed by atoms with Gasteiger partial charge in [0.15, 0.2) is 23.4 Å². The molecule has 1 aromatic rings. The molecule has 4 N–H and O–H groups in total. The van der Waals surface area contributed by atoms with Gasteiger partial charge in [0.2, 0.25) is 5.91 Å². The Bertz CT molecular complexity index is 490. The van der Waals surface area contributed by atoms with Gasteiger partial charge < -0.3 is 16.4 Å². The number of nitrogens with zero attached hydrogens (tertiary/aromatic N) is 1. The first-order valence-electron chi connectivity index (χ1n) is 4.85. The van der Waals surface area contributed by atoms with E-state index in [2.05, 4.69) is 15.6 Å². The summed E-state index contributed by atoms with van der Waals surface area (Å²) in [6.07, 6.45) is 0. The lowest BCUT2D eigenvalue weighted by molar-refractivity contribution is -0.115. The lowest BCUT2D eigenvalue weighted by Gasteiger charge is -2.08. The molecule has 0 bridgehead atoms. The van der Waals surface area contributed by atoms with Crippen LogP contribution in [0.5, 0.6) is 0 Å². The SMILES string of the molecule is CN=C(N)NCC(=O)Nc1ccc(F)c(F)c1F. The number of rotatable bonds is 3. The first-order chi connectivity index (χ1) is 8.45. The monoisotopic (exact) mass is 260 g/mol. The van der Waals surface area contributed by atoms with Crippen molar-refractivity contribution in [2.24, 2.45) is 10.7 Å². The van der Waals surface area contributed by atoms with Crippen LogP contribution in [0.1, 0.15) is 0 Å². The highest BCUT2D eigenvalue weighted by Crippen LogP contribution is 2.19. The molecule has 1 amide bonds. The first-order valence-corrected chi connectivity index (χ1v) is 4.85. The topological polar surface area (TPSA) is 79.5 Å². The maximum atomic E-state index is 13.2. The molecule has 0 aliphatic heterocycles. The predicted molar refractivity (Wildman–Crippen MR) is 60.5 cm³/mol. The van der Waals surface area contributed by atoms with Gasteiger partial charge in [-0.05, 0) is 12.1 Å². The lowest BCUT2D eigenvalue weighted by Crippen LogP contribution is -2.37. The van der Waals surface area contributed by atoms with Gasteiger partial charge in [0.1, 0.15) is 0 Å². The number of anilines is 1. The van der Waals surface area contributed by atoms with E-state index in [0.717, 1.165) is 6.07 Å². The van der Waals surface area contributed by atoms with Crippen LogP contribution in [0, 0.1) is 17.5 Å². The average molecular weight is 260 g/mol. The van der Waals surface area contributed by atoms with Gasteiger partial charge >= 0.3 is 0 Å². The van der Waals surface area contributed by atoms with E-state index in [9.17, 15) is 18.0 Å². The fourth-order valence-corrected chi connectivity index (χ4v) is 1.07. The number of carbonyl (C=O) groups excluding carboxylic acids is 1. The van der Waals surface area contributed by atoms with Crippen molar-refractivity contribution in [2.75, 3.05) is 18.9 Å². The van der Waals surface area contributed by atoms with E-state index in [-0.39, 0.29) is 12.5 Å². The first kappa shape index (κ1) is 13.8. The second kappa shape index (κ2) is 5.89. The van der Waals surface area contributed by atoms with Gasteiger partial charge in [-0.2, -0.15) is 0 Å². The Morgan fingerprint density at radius 3 is 2.61 bits per heavy atom. The minimum Gasteiger partial charge on any atom is -0.370 e. The van der Waals surface area contributed by atoms with Crippen LogP contribution in [0.25, 0.3) is 0 Å². The van der Waals surface area contributed by atoms with Crippen molar-refractivity contribution in [1.29, 1.82) is 0 Å². The average Bonchev–Trinajstić information content (AvgIpc) is 2.36. The third-order valence-corrected chi connectivity index (χ3v) is 1.98. The summed E-state index contributed by atoms with van der Waals surface area (Å²) in [5, 5.41) is 4.49. The Kier molecular flexibility index (Phi) is 4.52. The van der Waals surface area contributed by atoms with Crippen LogP contribution < -0.4 is 16.4 Å². The van der Waals surface area contributed by atoms with Crippen molar-refractivity contribution < 1.29 is 18.0 Å². The second-order valence-electron chi connectivity index (χ2n) is 3.23. The van der Waals surface area contributed by atoms with Crippen LogP contribution in [0.2, 0.25) is 0 Å². The third-order valence-electron chi connectivity index (χ3n) is 1.98. The molecule has 18 heavy (non-hydrogen) atoms. The molecule has 0 heterocycles. The Morgan fingerprint density at radius 2 is 2.00 bits per heavy atom. The summed E-state index contributed by atoms with van der Waals surface area (Å²) in [7, 11) is 1.41. The minimum atomic E-state index is -1.64. The zero-order valence-electron chi connectivity index (χ0n) is 9.43. The number of nitrogens with two attached hydrogens (primary N) is 1. The fourth-order valence-electron chi connectivity index (χ4n) is 1.07. The van der Waals surface area contributed by atoms with Gasteiger partial charge in [0.25, 0.3) is 0 Å². The second-order valence-corrected chi connectivity index (χ2v) is 3.23. The summed E-state index contributed by atoms with van der Waals surface area (Å²) in [6, 6.07) is 1.63. The van der Waals surface area contributed by atoms with Crippen LogP contribution in [-0.2, 0) is 4.79 Å². The number of nitrogens with one attached hydrogen (secondary N) is 2. The molecule has 0 fully saturated rings. The molecule has 0 atom stereocenters. The standard InChI is InChI=1S/C10H11F3N4O/c1-15-10(14)16-4-7(18)17-6-3-2-5(11)8(12)9(6)13/h2-3H,4H2,1H3,(H,17,18)(H3,14,15,16). The molecule has 0 aliphatic carbocycles. The maximum Gasteiger partial charge on any atom is 0.243 e. The van der Waals surface area contributed by atoms with Crippen molar-refractivity contribution >= 4 is 17.6 Å². The summed E-state index contributed by atoms with van der Waals surface area (Å²) < 4.78 is 38.7. The molecule has 8 heteroatoms. The van der Waals surface area contributed by atoms with Gasteiger partial charge in [-0.15, -0.1) is 0 Å². The molecular weight excluding hydrogens is 249 g/mol. The Labute approximate surface area is 101 Å². The van der Waals surface area contributed by atoms with E-state index >= 15 is 0 Å².